The molecule has 0 aliphatic rings. The van der Waals surface area contributed by atoms with Crippen LogP contribution >= 0.6 is 0 Å². The molecular formula is C22H24N4O3. The van der Waals surface area contributed by atoms with Gasteiger partial charge in [0.15, 0.2) is 0 Å². The summed E-state index contributed by atoms with van der Waals surface area (Å²) in [5, 5.41) is 6.09. The lowest BCUT2D eigenvalue weighted by molar-refractivity contribution is 0.102. The lowest BCUT2D eigenvalue weighted by Crippen LogP contribution is -2.15. The van der Waals surface area contributed by atoms with Gasteiger partial charge in [0.2, 0.25) is 0 Å². The molecule has 1 heterocycles. The van der Waals surface area contributed by atoms with E-state index in [2.05, 4.69) is 40.5 Å². The first kappa shape index (κ1) is 20.1. The number of methoxy groups -OCH3 is 2. The van der Waals surface area contributed by atoms with Gasteiger partial charge in [-0.1, -0.05) is 32.0 Å². The Hall–Kier alpha value is -3.61. The molecule has 7 nitrogen and oxygen atoms in total. The maximum absolute atomic E-state index is 12.7. The average molecular weight is 392 g/mol. The van der Waals surface area contributed by atoms with E-state index in [-0.39, 0.29) is 11.6 Å². The van der Waals surface area contributed by atoms with Crippen LogP contribution in [-0.4, -0.2) is 30.1 Å². The van der Waals surface area contributed by atoms with Crippen molar-refractivity contribution in [3.63, 3.8) is 0 Å². The van der Waals surface area contributed by atoms with Gasteiger partial charge in [0.05, 0.1) is 19.9 Å². The third-order valence-electron chi connectivity index (χ3n) is 4.40. The van der Waals surface area contributed by atoms with Gasteiger partial charge in [-0.15, -0.1) is 0 Å². The zero-order valence-corrected chi connectivity index (χ0v) is 16.9. The number of rotatable bonds is 7. The van der Waals surface area contributed by atoms with Crippen molar-refractivity contribution in [2.24, 2.45) is 0 Å². The maximum Gasteiger partial charge on any atom is 0.274 e. The van der Waals surface area contributed by atoms with Crippen LogP contribution in [0.2, 0.25) is 0 Å². The standard InChI is InChI=1S/C22H24N4O3/c1-14(2)16-7-5-6-8-17(16)25-21-12-19(23-13-24-21)22(27)26-18-11-15(28-3)9-10-20(18)29-4/h5-14H,1-4H3,(H,26,27)(H,23,24,25). The predicted molar refractivity (Wildman–Crippen MR) is 113 cm³/mol. The van der Waals surface area contributed by atoms with Gasteiger partial charge in [-0.25, -0.2) is 9.97 Å². The summed E-state index contributed by atoms with van der Waals surface area (Å²) in [5.41, 5.74) is 2.84. The van der Waals surface area contributed by atoms with E-state index in [9.17, 15) is 4.79 Å². The van der Waals surface area contributed by atoms with Gasteiger partial charge in [0, 0.05) is 17.8 Å². The lowest BCUT2D eigenvalue weighted by Gasteiger charge is -2.14. The van der Waals surface area contributed by atoms with Crippen molar-refractivity contribution >= 4 is 23.1 Å². The number of benzene rings is 2. The number of carbonyl (C=O) groups excluding carboxylic acids is 1. The maximum atomic E-state index is 12.7. The smallest absolute Gasteiger partial charge is 0.274 e. The second kappa shape index (κ2) is 9.05. The molecule has 7 heteroatoms. The highest BCUT2D eigenvalue weighted by molar-refractivity contribution is 6.04. The quantitative estimate of drug-likeness (QED) is 0.611. The van der Waals surface area contributed by atoms with E-state index in [0.29, 0.717) is 28.9 Å². The lowest BCUT2D eigenvalue weighted by atomic mass is 10.0. The van der Waals surface area contributed by atoms with E-state index in [1.807, 2.05) is 18.2 Å². The first-order valence-electron chi connectivity index (χ1n) is 9.23. The molecule has 0 radical (unpaired) electrons. The summed E-state index contributed by atoms with van der Waals surface area (Å²) in [7, 11) is 3.10. The summed E-state index contributed by atoms with van der Waals surface area (Å²) >= 11 is 0. The van der Waals surface area contributed by atoms with Crippen molar-refractivity contribution in [1.82, 2.24) is 9.97 Å². The SMILES string of the molecule is COc1ccc(OC)c(NC(=O)c2cc(Nc3ccccc3C(C)C)ncn2)c1. The molecule has 150 valence electrons. The molecule has 2 N–H and O–H groups in total. The average Bonchev–Trinajstić information content (AvgIpc) is 2.74. The Kier molecular flexibility index (Phi) is 6.29. The van der Waals surface area contributed by atoms with Gasteiger partial charge in [-0.3, -0.25) is 4.79 Å². The molecule has 0 aliphatic carbocycles. The highest BCUT2D eigenvalue weighted by atomic mass is 16.5. The number of carbonyl (C=O) groups is 1. The van der Waals surface area contributed by atoms with Crippen LogP contribution in [0.15, 0.2) is 54.9 Å². The highest BCUT2D eigenvalue weighted by Gasteiger charge is 2.14. The Bertz CT molecular complexity index is 1000. The van der Waals surface area contributed by atoms with Crippen LogP contribution < -0.4 is 20.1 Å². The Morgan fingerprint density at radius 2 is 1.76 bits per heavy atom. The van der Waals surface area contributed by atoms with E-state index in [0.717, 1.165) is 5.69 Å². The molecule has 0 unspecified atom stereocenters. The van der Waals surface area contributed by atoms with Crippen molar-refractivity contribution in [1.29, 1.82) is 0 Å². The van der Waals surface area contributed by atoms with Crippen molar-refractivity contribution in [2.45, 2.75) is 19.8 Å². The second-order valence-electron chi connectivity index (χ2n) is 6.68. The Labute approximate surface area is 170 Å². The number of ether oxygens (including phenoxy) is 2. The fraction of sp³-hybridized carbons (Fsp3) is 0.227. The van der Waals surface area contributed by atoms with Crippen LogP contribution in [0, 0.1) is 0 Å². The Morgan fingerprint density at radius 1 is 0.966 bits per heavy atom. The molecule has 0 fully saturated rings. The number of aromatic nitrogens is 2. The minimum Gasteiger partial charge on any atom is -0.497 e. The van der Waals surface area contributed by atoms with Crippen molar-refractivity contribution in [3.8, 4) is 11.5 Å². The summed E-state index contributed by atoms with van der Waals surface area (Å²) in [6.07, 6.45) is 1.36. The zero-order valence-electron chi connectivity index (χ0n) is 16.9. The second-order valence-corrected chi connectivity index (χ2v) is 6.68. The molecular weight excluding hydrogens is 368 g/mol. The summed E-state index contributed by atoms with van der Waals surface area (Å²) in [6, 6.07) is 14.8. The summed E-state index contributed by atoms with van der Waals surface area (Å²) in [4.78, 5) is 21.1. The molecule has 2 aromatic carbocycles. The summed E-state index contributed by atoms with van der Waals surface area (Å²) in [5.74, 6) is 1.65. The van der Waals surface area contributed by atoms with E-state index >= 15 is 0 Å². The molecule has 3 rings (SSSR count). The number of hydrogen-bond acceptors (Lipinski definition) is 6. The van der Waals surface area contributed by atoms with Crippen LogP contribution in [-0.2, 0) is 0 Å². The number of nitrogens with one attached hydrogen (secondary N) is 2. The molecule has 0 aliphatic heterocycles. The van der Waals surface area contributed by atoms with E-state index in [1.165, 1.54) is 19.0 Å². The first-order valence-corrected chi connectivity index (χ1v) is 9.23. The van der Waals surface area contributed by atoms with Gasteiger partial charge in [-0.05, 0) is 29.7 Å². The molecule has 0 bridgehead atoms. The third-order valence-corrected chi connectivity index (χ3v) is 4.40. The number of nitrogens with zero attached hydrogens (tertiary/aromatic N) is 2. The van der Waals surface area contributed by atoms with Gasteiger partial charge < -0.3 is 20.1 Å². The molecule has 0 atom stereocenters. The van der Waals surface area contributed by atoms with E-state index < -0.39 is 0 Å². The molecule has 0 spiro atoms. The third kappa shape index (κ3) is 4.82. The molecule has 1 amide bonds. The first-order chi connectivity index (χ1) is 14.0. The van der Waals surface area contributed by atoms with Gasteiger partial charge in [0.25, 0.3) is 5.91 Å². The highest BCUT2D eigenvalue weighted by Crippen LogP contribution is 2.29. The van der Waals surface area contributed by atoms with Crippen molar-refractivity contribution in [3.05, 3.63) is 66.1 Å². The molecule has 0 saturated heterocycles. The monoisotopic (exact) mass is 392 g/mol. The van der Waals surface area contributed by atoms with Crippen molar-refractivity contribution < 1.29 is 14.3 Å². The normalized spacial score (nSPS) is 10.5. The fourth-order valence-electron chi connectivity index (χ4n) is 2.90. The minimum absolute atomic E-state index is 0.231. The van der Waals surface area contributed by atoms with E-state index in [1.54, 1.807) is 31.4 Å². The van der Waals surface area contributed by atoms with Crippen LogP contribution in [0.3, 0.4) is 0 Å². The van der Waals surface area contributed by atoms with Gasteiger partial charge in [-0.2, -0.15) is 0 Å². The number of anilines is 3. The van der Waals surface area contributed by atoms with Crippen LogP contribution in [0.4, 0.5) is 17.2 Å². The topological polar surface area (TPSA) is 85.4 Å². The molecule has 29 heavy (non-hydrogen) atoms. The van der Waals surface area contributed by atoms with Crippen molar-refractivity contribution in [2.75, 3.05) is 24.9 Å². The van der Waals surface area contributed by atoms with Crippen LogP contribution in [0.25, 0.3) is 0 Å². The summed E-state index contributed by atoms with van der Waals surface area (Å²) in [6.45, 7) is 4.25. The fourth-order valence-corrected chi connectivity index (χ4v) is 2.90. The number of hydrogen-bond donors (Lipinski definition) is 2. The van der Waals surface area contributed by atoms with E-state index in [4.69, 9.17) is 9.47 Å². The Morgan fingerprint density at radius 3 is 2.48 bits per heavy atom. The number of para-hydroxylation sites is 1. The molecule has 1 aromatic heterocycles. The Balaban J connectivity index is 1.82. The summed E-state index contributed by atoms with van der Waals surface area (Å²) < 4.78 is 10.5. The minimum atomic E-state index is -0.376. The predicted octanol–water partition coefficient (Wildman–Crippen LogP) is 4.61. The molecule has 3 aromatic rings. The molecule has 0 saturated carbocycles. The zero-order chi connectivity index (χ0) is 20.8. The van der Waals surface area contributed by atoms with Crippen LogP contribution in [0.5, 0.6) is 11.5 Å². The van der Waals surface area contributed by atoms with Crippen LogP contribution in [0.1, 0.15) is 35.8 Å². The number of amides is 1. The van der Waals surface area contributed by atoms with Gasteiger partial charge in [0.1, 0.15) is 29.3 Å². The van der Waals surface area contributed by atoms with Gasteiger partial charge >= 0.3 is 0 Å². The largest absolute Gasteiger partial charge is 0.497 e.